The smallest absolute Gasteiger partial charge is 0.345 e. The maximum atomic E-state index is 12.4. The Morgan fingerprint density at radius 2 is 1.71 bits per heavy atom. The van der Waals surface area contributed by atoms with Gasteiger partial charge >= 0.3 is 6.03 Å². The lowest BCUT2D eigenvalue weighted by Gasteiger charge is -2.24. The molecule has 0 fully saturated rings. The molecule has 0 rings (SSSR count). The van der Waals surface area contributed by atoms with E-state index in [2.05, 4.69) is 38.0 Å². The molecule has 0 heterocycles. The highest BCUT2D eigenvalue weighted by atomic mass is 32.2. The number of hydrogen-bond acceptors (Lipinski definition) is 5. The van der Waals surface area contributed by atoms with Crippen LogP contribution in [0, 0.1) is 0 Å². The number of ether oxygens (including phenoxy) is 1. The lowest BCUT2D eigenvalue weighted by molar-refractivity contribution is 0.235. The lowest BCUT2D eigenvalue weighted by Crippen LogP contribution is -2.39. The van der Waals surface area contributed by atoms with Gasteiger partial charge in [-0.25, -0.2) is 13.5 Å². The molecule has 0 aliphatic heterocycles. The number of nitrogens with zero attached hydrogens (tertiary/aromatic N) is 2. The Labute approximate surface area is 137 Å². The molecule has 0 spiro atoms. The van der Waals surface area contributed by atoms with Crippen LogP contribution in [0.15, 0.2) is 4.99 Å². The number of hydrogen-bond donors (Lipinski definition) is 1. The number of rotatable bonds is 8. The van der Waals surface area contributed by atoms with E-state index in [1.165, 1.54) is 23.9 Å². The van der Waals surface area contributed by atoms with Crippen LogP contribution in [-0.2, 0) is 4.74 Å². The van der Waals surface area contributed by atoms with Crippen molar-refractivity contribution in [1.29, 1.82) is 0 Å². The van der Waals surface area contributed by atoms with E-state index in [4.69, 9.17) is 4.74 Å². The average Bonchev–Trinajstić information content (AvgIpc) is 2.39. The van der Waals surface area contributed by atoms with E-state index in [0.29, 0.717) is 29.7 Å². The predicted molar refractivity (Wildman–Crippen MR) is 94.7 cm³/mol. The number of carbonyl (C=O) groups is 1. The first-order chi connectivity index (χ1) is 9.90. The van der Waals surface area contributed by atoms with Gasteiger partial charge in [0, 0.05) is 17.0 Å². The fourth-order valence-corrected chi connectivity index (χ4v) is 3.45. The molecule has 5 nitrogen and oxygen atoms in total. The third-order valence-electron chi connectivity index (χ3n) is 1.91. The summed E-state index contributed by atoms with van der Waals surface area (Å²) in [4.78, 5) is 16.6. The normalized spacial score (nSPS) is 11.9. The second kappa shape index (κ2) is 12.0. The summed E-state index contributed by atoms with van der Waals surface area (Å²) in [5, 5.41) is 3.43. The highest BCUT2D eigenvalue weighted by Crippen LogP contribution is 2.28. The molecule has 0 unspecified atom stereocenters. The van der Waals surface area contributed by atoms with Crippen molar-refractivity contribution in [3.05, 3.63) is 0 Å². The van der Waals surface area contributed by atoms with Crippen molar-refractivity contribution in [3.8, 4) is 0 Å². The van der Waals surface area contributed by atoms with Crippen molar-refractivity contribution in [2.45, 2.75) is 64.9 Å². The van der Waals surface area contributed by atoms with Crippen LogP contribution < -0.4 is 5.32 Å². The van der Waals surface area contributed by atoms with Gasteiger partial charge in [-0.15, -0.1) is 0 Å². The van der Waals surface area contributed by atoms with Gasteiger partial charge in [0.1, 0.15) is 0 Å². The van der Waals surface area contributed by atoms with Gasteiger partial charge in [-0.3, -0.25) is 5.32 Å². The molecule has 0 aromatic carbocycles. The molecule has 7 heteroatoms. The predicted octanol–water partition coefficient (Wildman–Crippen LogP) is 4.30. The van der Waals surface area contributed by atoms with Crippen molar-refractivity contribution in [1.82, 2.24) is 9.03 Å². The SMILES string of the molecule is CCCN=C(NC(=O)N(SC(C)C)SC(C)C)OCCC. The topological polar surface area (TPSA) is 53.9 Å². The number of amidine groups is 1. The first-order valence-electron chi connectivity index (χ1n) is 7.52. The number of aliphatic imine (C=N–C) groups is 1. The van der Waals surface area contributed by atoms with Gasteiger partial charge < -0.3 is 4.74 Å². The Kier molecular flexibility index (Phi) is 11.7. The Balaban J connectivity index is 4.71. The molecule has 21 heavy (non-hydrogen) atoms. The van der Waals surface area contributed by atoms with Crippen LogP contribution in [0.4, 0.5) is 4.79 Å². The second-order valence-electron chi connectivity index (χ2n) is 5.03. The summed E-state index contributed by atoms with van der Waals surface area (Å²) in [6.07, 6.45) is 1.80. The Morgan fingerprint density at radius 3 is 2.14 bits per heavy atom. The number of nitrogens with one attached hydrogen (secondary N) is 1. The standard InChI is InChI=1S/C14H29N3O2S2/c1-7-9-15-13(19-10-8-2)16-14(18)17(20-11(3)4)21-12(5)6/h11-12H,7-10H2,1-6H3,(H,15,16,18). The maximum absolute atomic E-state index is 12.4. The summed E-state index contributed by atoms with van der Waals surface area (Å²) in [7, 11) is 0. The van der Waals surface area contributed by atoms with E-state index >= 15 is 0 Å². The third-order valence-corrected chi connectivity index (χ3v) is 3.99. The van der Waals surface area contributed by atoms with Crippen molar-refractivity contribution in [3.63, 3.8) is 0 Å². The van der Waals surface area contributed by atoms with Gasteiger partial charge in [-0.05, 0) is 36.7 Å². The Hall–Kier alpha value is -0.560. The van der Waals surface area contributed by atoms with Crippen molar-refractivity contribution < 1.29 is 9.53 Å². The molecule has 0 saturated heterocycles. The van der Waals surface area contributed by atoms with Crippen LogP contribution in [0.5, 0.6) is 0 Å². The molecule has 0 bridgehead atoms. The molecule has 124 valence electrons. The van der Waals surface area contributed by atoms with E-state index in [1.807, 2.05) is 13.8 Å². The monoisotopic (exact) mass is 335 g/mol. The first-order valence-corrected chi connectivity index (χ1v) is 9.19. The minimum Gasteiger partial charge on any atom is -0.465 e. The van der Waals surface area contributed by atoms with Crippen molar-refractivity contribution >= 4 is 35.9 Å². The zero-order chi connectivity index (χ0) is 16.3. The van der Waals surface area contributed by atoms with Crippen LogP contribution in [0.3, 0.4) is 0 Å². The highest BCUT2D eigenvalue weighted by Gasteiger charge is 2.20. The maximum Gasteiger partial charge on any atom is 0.345 e. The molecule has 0 aliphatic rings. The van der Waals surface area contributed by atoms with Gasteiger partial charge in [0.25, 0.3) is 6.02 Å². The fraction of sp³-hybridized carbons (Fsp3) is 0.857. The summed E-state index contributed by atoms with van der Waals surface area (Å²) < 4.78 is 7.17. The molecule has 0 aromatic rings. The number of carbonyl (C=O) groups excluding carboxylic acids is 1. The van der Waals surface area contributed by atoms with E-state index in [9.17, 15) is 4.79 Å². The van der Waals surface area contributed by atoms with Gasteiger partial charge in [0.2, 0.25) is 0 Å². The summed E-state index contributed by atoms with van der Waals surface area (Å²) in [6.45, 7) is 13.5. The van der Waals surface area contributed by atoms with Crippen LogP contribution >= 0.6 is 23.9 Å². The van der Waals surface area contributed by atoms with Crippen molar-refractivity contribution in [2.24, 2.45) is 4.99 Å². The average molecular weight is 336 g/mol. The molecule has 0 saturated carbocycles. The van der Waals surface area contributed by atoms with Gasteiger partial charge in [0.05, 0.1) is 6.61 Å². The summed E-state index contributed by atoms with van der Waals surface area (Å²) in [5.41, 5.74) is 0. The molecular weight excluding hydrogens is 306 g/mol. The quantitative estimate of drug-likeness (QED) is 0.408. The van der Waals surface area contributed by atoms with Crippen molar-refractivity contribution in [2.75, 3.05) is 13.2 Å². The van der Waals surface area contributed by atoms with E-state index < -0.39 is 0 Å². The van der Waals surface area contributed by atoms with Crippen LogP contribution in [-0.4, -0.2) is 39.4 Å². The summed E-state index contributed by atoms with van der Waals surface area (Å²) in [6, 6.07) is 0.126. The Bertz CT molecular complexity index is 313. The molecular formula is C14H29N3O2S2. The van der Waals surface area contributed by atoms with Crippen LogP contribution in [0.2, 0.25) is 0 Å². The second-order valence-corrected chi connectivity index (χ2v) is 8.30. The minimum atomic E-state index is -0.196. The minimum absolute atomic E-state index is 0.196. The number of amides is 2. The molecule has 0 radical (unpaired) electrons. The molecule has 0 aromatic heterocycles. The van der Waals surface area contributed by atoms with Gasteiger partial charge in [0.15, 0.2) is 0 Å². The van der Waals surface area contributed by atoms with Crippen LogP contribution in [0.1, 0.15) is 54.4 Å². The van der Waals surface area contributed by atoms with E-state index in [1.54, 1.807) is 3.71 Å². The first kappa shape index (κ1) is 20.4. The van der Waals surface area contributed by atoms with E-state index in [-0.39, 0.29) is 6.03 Å². The van der Waals surface area contributed by atoms with Gasteiger partial charge in [-0.2, -0.15) is 0 Å². The molecule has 0 atom stereocenters. The van der Waals surface area contributed by atoms with Crippen LogP contribution in [0.25, 0.3) is 0 Å². The third kappa shape index (κ3) is 10.8. The number of urea groups is 1. The highest BCUT2D eigenvalue weighted by molar-refractivity contribution is 8.13. The largest absolute Gasteiger partial charge is 0.465 e. The van der Waals surface area contributed by atoms with Gasteiger partial charge in [-0.1, -0.05) is 41.5 Å². The zero-order valence-electron chi connectivity index (χ0n) is 14.0. The summed E-state index contributed by atoms with van der Waals surface area (Å²) >= 11 is 3.00. The zero-order valence-corrected chi connectivity index (χ0v) is 15.6. The fourth-order valence-electron chi connectivity index (χ4n) is 1.17. The van der Waals surface area contributed by atoms with E-state index in [0.717, 1.165) is 12.8 Å². The lowest BCUT2D eigenvalue weighted by atomic mass is 10.5. The summed E-state index contributed by atoms with van der Waals surface area (Å²) in [5.74, 6) is 0. The molecule has 2 amide bonds. The molecule has 0 aliphatic carbocycles. The molecule has 1 N–H and O–H groups in total. The Morgan fingerprint density at radius 1 is 1.14 bits per heavy atom.